The summed E-state index contributed by atoms with van der Waals surface area (Å²) in [7, 11) is 5.48. The largest absolute Gasteiger partial charge is 0.493 e. The van der Waals surface area contributed by atoms with Gasteiger partial charge in [0.1, 0.15) is 17.4 Å². The van der Waals surface area contributed by atoms with Gasteiger partial charge in [-0.05, 0) is 37.1 Å². The molecule has 0 aliphatic carbocycles. The zero-order valence-electron chi connectivity index (χ0n) is 19.9. The number of fused-ring (bicyclic) bond motifs is 1. The highest BCUT2D eigenvalue weighted by Gasteiger charge is 2.51. The molecule has 1 unspecified atom stereocenters. The average Bonchev–Trinajstić information content (AvgIpc) is 2.76. The minimum Gasteiger partial charge on any atom is -0.493 e. The number of halogens is 3. The molecule has 9 nitrogen and oxygen atoms in total. The Morgan fingerprint density at radius 2 is 1.86 bits per heavy atom. The van der Waals surface area contributed by atoms with E-state index >= 15 is 0 Å². The summed E-state index contributed by atoms with van der Waals surface area (Å²) >= 11 is 0. The molecule has 2 amide bonds. The minimum absolute atomic E-state index is 0.0565. The molecule has 1 N–H and O–H groups in total. The van der Waals surface area contributed by atoms with Crippen LogP contribution in [-0.4, -0.2) is 109 Å². The normalized spacial score (nSPS) is 21.1. The highest BCUT2D eigenvalue weighted by molar-refractivity contribution is 5.82. The third-order valence-electron chi connectivity index (χ3n) is 6.22. The Balaban J connectivity index is 0.000000429. The molecule has 3 heterocycles. The third-order valence-corrected chi connectivity index (χ3v) is 6.22. The van der Waals surface area contributed by atoms with Gasteiger partial charge in [-0.2, -0.15) is 13.2 Å². The van der Waals surface area contributed by atoms with Gasteiger partial charge in [0.2, 0.25) is 11.8 Å². The van der Waals surface area contributed by atoms with Crippen LogP contribution in [0.25, 0.3) is 0 Å². The number of benzene rings is 1. The highest BCUT2D eigenvalue weighted by atomic mass is 19.4. The predicted octanol–water partition coefficient (Wildman–Crippen LogP) is 1.19. The van der Waals surface area contributed by atoms with Gasteiger partial charge >= 0.3 is 12.1 Å². The molecule has 1 spiro atoms. The van der Waals surface area contributed by atoms with Crippen molar-refractivity contribution in [3.63, 3.8) is 0 Å². The molecule has 194 valence electrons. The molecule has 0 radical (unpaired) electrons. The number of carbonyl (C=O) groups excluding carboxylic acids is 2. The number of carboxylic acids is 1. The van der Waals surface area contributed by atoms with E-state index in [1.54, 1.807) is 19.0 Å². The first kappa shape index (κ1) is 26.7. The second-order valence-corrected chi connectivity index (χ2v) is 9.28. The number of aliphatic carboxylic acids is 1. The smallest absolute Gasteiger partial charge is 0.490 e. The van der Waals surface area contributed by atoms with Crippen LogP contribution in [0.2, 0.25) is 0 Å². The molecular formula is C23H30F3N3O6. The van der Waals surface area contributed by atoms with Crippen LogP contribution in [0.1, 0.15) is 17.5 Å². The molecule has 0 aromatic heterocycles. The Hall–Kier alpha value is -2.86. The maximum Gasteiger partial charge on any atom is 0.490 e. The van der Waals surface area contributed by atoms with Gasteiger partial charge in [0.25, 0.3) is 0 Å². The lowest BCUT2D eigenvalue weighted by Gasteiger charge is -2.55. The number of alkyl halides is 3. The van der Waals surface area contributed by atoms with Gasteiger partial charge in [-0.25, -0.2) is 4.79 Å². The lowest BCUT2D eigenvalue weighted by molar-refractivity contribution is -0.202. The Morgan fingerprint density at radius 3 is 2.43 bits per heavy atom. The van der Waals surface area contributed by atoms with Crippen molar-refractivity contribution >= 4 is 17.8 Å². The Bertz CT molecular complexity index is 962. The van der Waals surface area contributed by atoms with Crippen LogP contribution < -0.4 is 4.74 Å². The number of amides is 2. The molecule has 0 saturated carbocycles. The van der Waals surface area contributed by atoms with Crippen molar-refractivity contribution in [1.29, 1.82) is 0 Å². The number of likely N-dealkylation sites (tertiary alicyclic amines) is 1. The lowest BCUT2D eigenvalue weighted by atomic mass is 9.89. The Kier molecular flexibility index (Phi) is 7.95. The molecule has 1 aromatic carbocycles. The lowest BCUT2D eigenvalue weighted by Crippen LogP contribution is -2.73. The number of ether oxygens (including phenoxy) is 2. The van der Waals surface area contributed by atoms with Gasteiger partial charge in [-0.3, -0.25) is 14.5 Å². The number of aryl methyl sites for hydroxylation is 1. The fourth-order valence-corrected chi connectivity index (χ4v) is 4.38. The van der Waals surface area contributed by atoms with Gasteiger partial charge in [0.05, 0.1) is 32.7 Å². The number of carbonyl (C=O) groups is 3. The molecule has 3 aliphatic heterocycles. The van der Waals surface area contributed by atoms with Crippen molar-refractivity contribution in [2.75, 3.05) is 54.0 Å². The molecular weight excluding hydrogens is 471 g/mol. The minimum atomic E-state index is -5.08. The van der Waals surface area contributed by atoms with Crippen LogP contribution in [0.3, 0.4) is 0 Å². The molecule has 3 aliphatic rings. The molecule has 1 atom stereocenters. The molecule has 2 saturated heterocycles. The van der Waals surface area contributed by atoms with Crippen LogP contribution in [0, 0.1) is 0 Å². The fraction of sp³-hybridized carbons (Fsp3) is 0.609. The van der Waals surface area contributed by atoms with E-state index in [2.05, 4.69) is 11.0 Å². The van der Waals surface area contributed by atoms with Crippen LogP contribution in [0.4, 0.5) is 13.2 Å². The van der Waals surface area contributed by atoms with Gasteiger partial charge in [0.15, 0.2) is 0 Å². The first-order valence-corrected chi connectivity index (χ1v) is 11.2. The van der Waals surface area contributed by atoms with Crippen molar-refractivity contribution in [1.82, 2.24) is 14.7 Å². The predicted molar refractivity (Wildman–Crippen MR) is 118 cm³/mol. The Morgan fingerprint density at radius 1 is 1.20 bits per heavy atom. The van der Waals surface area contributed by atoms with E-state index < -0.39 is 12.1 Å². The molecule has 35 heavy (non-hydrogen) atoms. The number of hydrogen-bond donors (Lipinski definition) is 1. The van der Waals surface area contributed by atoms with Crippen LogP contribution in [-0.2, 0) is 32.0 Å². The summed E-state index contributed by atoms with van der Waals surface area (Å²) in [6.45, 7) is 2.99. The van der Waals surface area contributed by atoms with Gasteiger partial charge in [-0.15, -0.1) is 0 Å². The van der Waals surface area contributed by atoms with E-state index in [9.17, 15) is 22.8 Å². The molecule has 4 rings (SSSR count). The van der Waals surface area contributed by atoms with E-state index in [0.29, 0.717) is 32.7 Å². The summed E-state index contributed by atoms with van der Waals surface area (Å²) in [5.41, 5.74) is 1.90. The second kappa shape index (κ2) is 10.4. The van der Waals surface area contributed by atoms with Crippen LogP contribution in [0.5, 0.6) is 5.75 Å². The average molecular weight is 502 g/mol. The summed E-state index contributed by atoms with van der Waals surface area (Å²) in [6.07, 6.45) is -2.64. The standard InChI is InChI=1S/C21H29N3O4.C2HF3O2/c1-22(2)20(26)17-11-28-21(12-23(17)3)13-24(14-21)19(25)10-15-6-7-18-16(9-15)5-4-8-27-18;3-2(4,5)1(6)7/h6-7,9,17H,4-5,8,10-14H2,1-3H3;(H,6,7). The summed E-state index contributed by atoms with van der Waals surface area (Å²) < 4.78 is 43.4. The topological polar surface area (TPSA) is 99.6 Å². The third kappa shape index (κ3) is 6.43. The van der Waals surface area contributed by atoms with Gasteiger partial charge < -0.3 is 24.4 Å². The number of likely N-dealkylation sites (N-methyl/N-ethyl adjacent to an activating group) is 2. The zero-order valence-corrected chi connectivity index (χ0v) is 19.9. The number of carboxylic acid groups (broad SMARTS) is 1. The number of nitrogens with zero attached hydrogens (tertiary/aromatic N) is 3. The summed E-state index contributed by atoms with van der Waals surface area (Å²) in [5.74, 6) is -1.63. The summed E-state index contributed by atoms with van der Waals surface area (Å²) in [4.78, 5) is 39.3. The van der Waals surface area contributed by atoms with Crippen molar-refractivity contribution in [3.8, 4) is 5.75 Å². The zero-order chi connectivity index (χ0) is 26.0. The number of hydrogen-bond acceptors (Lipinski definition) is 6. The summed E-state index contributed by atoms with van der Waals surface area (Å²) in [5, 5.41) is 7.12. The fourth-order valence-electron chi connectivity index (χ4n) is 4.38. The van der Waals surface area contributed by atoms with Gasteiger partial charge in [0, 0.05) is 20.6 Å². The SMILES string of the molecule is CN(C)C(=O)C1COC2(CN(C(=O)Cc3ccc4c(c3)CCCO4)C2)CN1C.O=C(O)C(F)(F)F. The first-order valence-electron chi connectivity index (χ1n) is 11.2. The second-order valence-electron chi connectivity index (χ2n) is 9.28. The van der Waals surface area contributed by atoms with Crippen molar-refractivity contribution < 1.29 is 42.1 Å². The van der Waals surface area contributed by atoms with E-state index in [1.165, 1.54) is 5.56 Å². The Labute approximate surface area is 201 Å². The van der Waals surface area contributed by atoms with Crippen molar-refractivity contribution in [2.45, 2.75) is 37.1 Å². The van der Waals surface area contributed by atoms with E-state index in [0.717, 1.165) is 30.8 Å². The summed E-state index contributed by atoms with van der Waals surface area (Å²) in [6, 6.07) is 5.82. The van der Waals surface area contributed by atoms with E-state index in [4.69, 9.17) is 19.4 Å². The van der Waals surface area contributed by atoms with E-state index in [-0.39, 0.29) is 23.5 Å². The van der Waals surface area contributed by atoms with Crippen LogP contribution >= 0.6 is 0 Å². The maximum atomic E-state index is 12.7. The van der Waals surface area contributed by atoms with Gasteiger partial charge in [-0.1, -0.05) is 12.1 Å². The molecule has 1 aromatic rings. The number of morpholine rings is 1. The van der Waals surface area contributed by atoms with Crippen LogP contribution in [0.15, 0.2) is 18.2 Å². The molecule has 12 heteroatoms. The number of rotatable bonds is 3. The quantitative estimate of drug-likeness (QED) is 0.664. The van der Waals surface area contributed by atoms with Crippen molar-refractivity contribution in [2.24, 2.45) is 0 Å². The molecule has 0 bridgehead atoms. The van der Waals surface area contributed by atoms with E-state index in [1.807, 2.05) is 24.1 Å². The first-order chi connectivity index (χ1) is 16.3. The van der Waals surface area contributed by atoms with Crippen molar-refractivity contribution in [3.05, 3.63) is 29.3 Å². The monoisotopic (exact) mass is 501 g/mol. The maximum absolute atomic E-state index is 12.7. The highest BCUT2D eigenvalue weighted by Crippen LogP contribution is 2.32. The molecule has 2 fully saturated rings.